The highest BCUT2D eigenvalue weighted by Crippen LogP contribution is 2.12. The molecule has 0 saturated carbocycles. The number of halogens is 2. The van der Waals surface area contributed by atoms with Gasteiger partial charge in [-0.15, -0.1) is 12.4 Å². The van der Waals surface area contributed by atoms with Gasteiger partial charge >= 0.3 is 0 Å². The zero-order valence-electron chi connectivity index (χ0n) is 11.6. The number of nitrogens with two attached hydrogens (primary N) is 1. The van der Waals surface area contributed by atoms with Crippen molar-refractivity contribution in [2.75, 3.05) is 6.54 Å². The standard InChI is InChI=1S/C14H19ClN2O2.ClH/c1-14(2,9-16)17-13(19)8-7-12(18)10-3-5-11(15)6-4-10;/h3-6H,7-9,16H2,1-2H3,(H,17,19);1H. The Labute approximate surface area is 130 Å². The molecular weight excluding hydrogens is 299 g/mol. The first-order valence-electron chi connectivity index (χ1n) is 6.14. The molecule has 0 heterocycles. The number of amides is 1. The van der Waals surface area contributed by atoms with E-state index in [1.807, 2.05) is 13.8 Å². The van der Waals surface area contributed by atoms with Crippen LogP contribution in [0, 0.1) is 0 Å². The van der Waals surface area contributed by atoms with E-state index in [1.54, 1.807) is 24.3 Å². The molecule has 0 fully saturated rings. The molecule has 4 nitrogen and oxygen atoms in total. The molecule has 0 unspecified atom stereocenters. The minimum atomic E-state index is -0.444. The third kappa shape index (κ3) is 6.37. The van der Waals surface area contributed by atoms with Crippen LogP contribution in [0.15, 0.2) is 24.3 Å². The Hall–Kier alpha value is -1.10. The van der Waals surface area contributed by atoms with Crippen molar-refractivity contribution in [3.63, 3.8) is 0 Å². The summed E-state index contributed by atoms with van der Waals surface area (Å²) in [5, 5.41) is 3.37. The van der Waals surface area contributed by atoms with Gasteiger partial charge in [-0.05, 0) is 38.1 Å². The molecule has 0 bridgehead atoms. The van der Waals surface area contributed by atoms with Gasteiger partial charge in [-0.2, -0.15) is 0 Å². The predicted molar refractivity (Wildman–Crippen MR) is 83.5 cm³/mol. The van der Waals surface area contributed by atoms with Crippen LogP contribution in [0.4, 0.5) is 0 Å². The summed E-state index contributed by atoms with van der Waals surface area (Å²) in [4.78, 5) is 23.5. The van der Waals surface area contributed by atoms with Crippen molar-refractivity contribution in [2.45, 2.75) is 32.2 Å². The average Bonchev–Trinajstić information content (AvgIpc) is 2.36. The average molecular weight is 319 g/mol. The topological polar surface area (TPSA) is 72.2 Å². The number of nitrogens with one attached hydrogen (secondary N) is 1. The lowest BCUT2D eigenvalue weighted by atomic mass is 10.0. The second-order valence-corrected chi connectivity index (χ2v) is 5.50. The quantitative estimate of drug-likeness (QED) is 0.792. The van der Waals surface area contributed by atoms with Crippen LogP contribution < -0.4 is 11.1 Å². The third-order valence-electron chi connectivity index (χ3n) is 2.73. The second kappa shape index (κ2) is 8.25. The van der Waals surface area contributed by atoms with Crippen molar-refractivity contribution < 1.29 is 9.59 Å². The first-order valence-corrected chi connectivity index (χ1v) is 6.52. The number of hydrogen-bond donors (Lipinski definition) is 2. The van der Waals surface area contributed by atoms with E-state index in [0.717, 1.165) is 0 Å². The van der Waals surface area contributed by atoms with Crippen LogP contribution >= 0.6 is 24.0 Å². The normalized spacial score (nSPS) is 10.6. The lowest BCUT2D eigenvalue weighted by Crippen LogP contribution is -2.48. The summed E-state index contributed by atoms with van der Waals surface area (Å²) in [5.74, 6) is -0.241. The molecule has 1 aromatic rings. The maximum atomic E-state index is 11.8. The highest BCUT2D eigenvalue weighted by atomic mass is 35.5. The third-order valence-corrected chi connectivity index (χ3v) is 2.99. The lowest BCUT2D eigenvalue weighted by Gasteiger charge is -2.24. The Kier molecular flexibility index (Phi) is 7.79. The Balaban J connectivity index is 0.00000361. The summed E-state index contributed by atoms with van der Waals surface area (Å²) in [6.07, 6.45) is 0.332. The van der Waals surface area contributed by atoms with E-state index in [1.165, 1.54) is 0 Å². The van der Waals surface area contributed by atoms with Gasteiger partial charge in [0.05, 0.1) is 0 Å². The van der Waals surface area contributed by atoms with Crippen LogP contribution in [0.1, 0.15) is 37.0 Å². The molecule has 112 valence electrons. The van der Waals surface area contributed by atoms with Gasteiger partial charge in [-0.25, -0.2) is 0 Å². The molecule has 3 N–H and O–H groups in total. The molecule has 0 saturated heterocycles. The fraction of sp³-hybridized carbons (Fsp3) is 0.429. The number of carbonyl (C=O) groups excluding carboxylic acids is 2. The fourth-order valence-electron chi connectivity index (χ4n) is 1.50. The van der Waals surface area contributed by atoms with Crippen LogP contribution in [0.25, 0.3) is 0 Å². The van der Waals surface area contributed by atoms with Crippen molar-refractivity contribution in [1.82, 2.24) is 5.32 Å². The first kappa shape index (κ1) is 18.9. The number of ketones is 1. The van der Waals surface area contributed by atoms with E-state index in [-0.39, 0.29) is 36.9 Å². The van der Waals surface area contributed by atoms with Crippen LogP contribution in [-0.4, -0.2) is 23.8 Å². The van der Waals surface area contributed by atoms with E-state index in [4.69, 9.17) is 17.3 Å². The summed E-state index contributed by atoms with van der Waals surface area (Å²) in [6, 6.07) is 6.64. The maximum absolute atomic E-state index is 11.8. The van der Waals surface area contributed by atoms with E-state index >= 15 is 0 Å². The minimum Gasteiger partial charge on any atom is -0.350 e. The number of Topliss-reactive ketones (excluding diaryl/α,β-unsaturated/α-hetero) is 1. The predicted octanol–water partition coefficient (Wildman–Crippen LogP) is 2.58. The number of rotatable bonds is 6. The monoisotopic (exact) mass is 318 g/mol. The Bertz CT molecular complexity index is 459. The summed E-state index contributed by atoms with van der Waals surface area (Å²) in [5.41, 5.74) is 5.64. The number of carbonyl (C=O) groups is 2. The highest BCUT2D eigenvalue weighted by Gasteiger charge is 2.18. The van der Waals surface area contributed by atoms with Gasteiger partial charge in [-0.1, -0.05) is 11.6 Å². The largest absolute Gasteiger partial charge is 0.350 e. The van der Waals surface area contributed by atoms with Crippen molar-refractivity contribution in [2.24, 2.45) is 5.73 Å². The molecule has 0 radical (unpaired) electrons. The lowest BCUT2D eigenvalue weighted by molar-refractivity contribution is -0.122. The van der Waals surface area contributed by atoms with Crippen LogP contribution in [-0.2, 0) is 4.79 Å². The van der Waals surface area contributed by atoms with E-state index in [2.05, 4.69) is 5.32 Å². The molecule has 0 spiro atoms. The molecule has 1 rings (SSSR count). The second-order valence-electron chi connectivity index (χ2n) is 5.07. The minimum absolute atomic E-state index is 0. The summed E-state index contributed by atoms with van der Waals surface area (Å²) >= 11 is 5.75. The number of hydrogen-bond acceptors (Lipinski definition) is 3. The van der Waals surface area contributed by atoms with E-state index < -0.39 is 5.54 Å². The molecule has 0 aliphatic carbocycles. The SMILES string of the molecule is CC(C)(CN)NC(=O)CCC(=O)c1ccc(Cl)cc1.Cl. The first-order chi connectivity index (χ1) is 8.84. The molecule has 20 heavy (non-hydrogen) atoms. The molecule has 1 aromatic carbocycles. The smallest absolute Gasteiger partial charge is 0.220 e. The van der Waals surface area contributed by atoms with Gasteiger partial charge in [0.15, 0.2) is 5.78 Å². The highest BCUT2D eigenvalue weighted by molar-refractivity contribution is 6.30. The van der Waals surface area contributed by atoms with Crippen LogP contribution in [0.5, 0.6) is 0 Å². The zero-order valence-corrected chi connectivity index (χ0v) is 13.2. The Morgan fingerprint density at radius 2 is 1.75 bits per heavy atom. The van der Waals surface area contributed by atoms with Crippen LogP contribution in [0.3, 0.4) is 0 Å². The van der Waals surface area contributed by atoms with Gasteiger partial charge in [-0.3, -0.25) is 9.59 Å². The molecule has 1 amide bonds. The van der Waals surface area contributed by atoms with Gasteiger partial charge in [0.1, 0.15) is 0 Å². The fourth-order valence-corrected chi connectivity index (χ4v) is 1.62. The Morgan fingerprint density at radius 1 is 1.20 bits per heavy atom. The van der Waals surface area contributed by atoms with Crippen molar-refractivity contribution in [3.8, 4) is 0 Å². The van der Waals surface area contributed by atoms with Gasteiger partial charge in [0.25, 0.3) is 0 Å². The van der Waals surface area contributed by atoms with Gasteiger partial charge < -0.3 is 11.1 Å². The molecular formula is C14H20Cl2N2O2. The maximum Gasteiger partial charge on any atom is 0.220 e. The van der Waals surface area contributed by atoms with E-state index in [0.29, 0.717) is 17.1 Å². The summed E-state index contributed by atoms with van der Waals surface area (Å²) in [6.45, 7) is 4.03. The molecule has 6 heteroatoms. The van der Waals surface area contributed by atoms with Gasteiger partial charge in [0.2, 0.25) is 5.91 Å². The molecule has 0 aromatic heterocycles. The van der Waals surface area contributed by atoms with Crippen molar-refractivity contribution >= 4 is 35.7 Å². The van der Waals surface area contributed by atoms with Crippen molar-refractivity contribution in [1.29, 1.82) is 0 Å². The summed E-state index contributed by atoms with van der Waals surface area (Å²) < 4.78 is 0. The molecule has 0 aliphatic heterocycles. The molecule has 0 aliphatic rings. The number of benzene rings is 1. The summed E-state index contributed by atoms with van der Waals surface area (Å²) in [7, 11) is 0. The zero-order chi connectivity index (χ0) is 14.5. The van der Waals surface area contributed by atoms with Crippen molar-refractivity contribution in [3.05, 3.63) is 34.9 Å². The molecule has 0 atom stereocenters. The van der Waals surface area contributed by atoms with Crippen LogP contribution in [0.2, 0.25) is 5.02 Å². The van der Waals surface area contributed by atoms with Gasteiger partial charge in [0, 0.05) is 35.5 Å². The van der Waals surface area contributed by atoms with E-state index in [9.17, 15) is 9.59 Å². The Morgan fingerprint density at radius 3 is 2.25 bits per heavy atom.